The predicted octanol–water partition coefficient (Wildman–Crippen LogP) is 3.28. The van der Waals surface area contributed by atoms with Crippen LogP contribution < -0.4 is 5.73 Å². The van der Waals surface area contributed by atoms with E-state index in [2.05, 4.69) is 35.9 Å². The zero-order chi connectivity index (χ0) is 12.5. The van der Waals surface area contributed by atoms with Crippen LogP contribution in [0.1, 0.15) is 37.9 Å². The van der Waals surface area contributed by atoms with Crippen molar-refractivity contribution >= 4 is 11.3 Å². The molecule has 4 heteroatoms. The van der Waals surface area contributed by atoms with Gasteiger partial charge in [0.05, 0.1) is 22.3 Å². The summed E-state index contributed by atoms with van der Waals surface area (Å²) in [6.45, 7) is 6.24. The van der Waals surface area contributed by atoms with Gasteiger partial charge in [-0.15, -0.1) is 11.3 Å². The van der Waals surface area contributed by atoms with Crippen molar-refractivity contribution in [1.82, 2.24) is 9.97 Å². The molecule has 3 nitrogen and oxygen atoms in total. The first-order valence-corrected chi connectivity index (χ1v) is 6.82. The smallest absolute Gasteiger partial charge is 0.126 e. The zero-order valence-corrected chi connectivity index (χ0v) is 11.4. The molecule has 1 unspecified atom stereocenters. The van der Waals surface area contributed by atoms with Crippen LogP contribution in [0.5, 0.6) is 0 Å². The molecule has 17 heavy (non-hydrogen) atoms. The molecular weight excluding hydrogens is 230 g/mol. The van der Waals surface area contributed by atoms with Crippen LogP contribution >= 0.6 is 11.3 Å². The molecule has 0 aromatic carbocycles. The highest BCUT2D eigenvalue weighted by molar-refractivity contribution is 7.15. The Kier molecular flexibility index (Phi) is 3.35. The number of thiophene rings is 1. The molecule has 0 aliphatic rings. The average Bonchev–Trinajstić information content (AvgIpc) is 2.97. The number of imidazole rings is 1. The van der Waals surface area contributed by atoms with E-state index >= 15 is 0 Å². The molecule has 0 radical (unpaired) electrons. The molecule has 0 saturated heterocycles. The van der Waals surface area contributed by atoms with Gasteiger partial charge in [0.2, 0.25) is 0 Å². The number of aromatic amines is 1. The van der Waals surface area contributed by atoms with Crippen molar-refractivity contribution in [2.24, 2.45) is 5.73 Å². The SMILES string of the molecule is CCc1ccc(-c2cnc(C(C)(N)CC)[nH]2)s1. The Morgan fingerprint density at radius 1 is 1.41 bits per heavy atom. The quantitative estimate of drug-likeness (QED) is 0.873. The minimum absolute atomic E-state index is 0.372. The molecule has 0 spiro atoms. The molecule has 0 bridgehead atoms. The van der Waals surface area contributed by atoms with E-state index in [1.54, 1.807) is 11.3 Å². The largest absolute Gasteiger partial charge is 0.340 e. The highest BCUT2D eigenvalue weighted by Gasteiger charge is 2.22. The van der Waals surface area contributed by atoms with E-state index in [0.29, 0.717) is 0 Å². The molecule has 92 valence electrons. The average molecular weight is 249 g/mol. The molecular formula is C13H19N3S. The normalized spacial score (nSPS) is 14.8. The van der Waals surface area contributed by atoms with E-state index < -0.39 is 0 Å². The van der Waals surface area contributed by atoms with Crippen LogP contribution in [0, 0.1) is 0 Å². The van der Waals surface area contributed by atoms with Gasteiger partial charge in [-0.05, 0) is 31.9 Å². The number of aromatic nitrogens is 2. The second-order valence-electron chi connectivity index (χ2n) is 4.54. The van der Waals surface area contributed by atoms with Crippen LogP contribution in [0.2, 0.25) is 0 Å². The molecule has 2 aromatic rings. The van der Waals surface area contributed by atoms with E-state index in [4.69, 9.17) is 5.73 Å². The van der Waals surface area contributed by atoms with Crippen molar-refractivity contribution < 1.29 is 0 Å². The van der Waals surface area contributed by atoms with Gasteiger partial charge in [0.15, 0.2) is 0 Å². The third-order valence-electron chi connectivity index (χ3n) is 3.13. The molecule has 0 saturated carbocycles. The Labute approximate surface area is 106 Å². The summed E-state index contributed by atoms with van der Waals surface area (Å²) < 4.78 is 0. The van der Waals surface area contributed by atoms with Gasteiger partial charge in [0, 0.05) is 4.88 Å². The lowest BCUT2D eigenvalue weighted by molar-refractivity contribution is 0.450. The Hall–Kier alpha value is -1.13. The van der Waals surface area contributed by atoms with Crippen molar-refractivity contribution in [3.8, 4) is 10.6 Å². The number of nitrogens with zero attached hydrogens (tertiary/aromatic N) is 1. The lowest BCUT2D eigenvalue weighted by Gasteiger charge is -2.19. The Balaban J connectivity index is 2.29. The molecule has 2 aromatic heterocycles. The number of rotatable bonds is 4. The first kappa shape index (κ1) is 12.3. The number of H-pyrrole nitrogens is 1. The Morgan fingerprint density at radius 3 is 2.76 bits per heavy atom. The molecule has 0 aliphatic heterocycles. The van der Waals surface area contributed by atoms with Gasteiger partial charge in [-0.3, -0.25) is 0 Å². The van der Waals surface area contributed by atoms with Crippen molar-refractivity contribution in [2.75, 3.05) is 0 Å². The van der Waals surface area contributed by atoms with Crippen molar-refractivity contribution in [3.63, 3.8) is 0 Å². The summed E-state index contributed by atoms with van der Waals surface area (Å²) in [5.41, 5.74) is 6.86. The van der Waals surface area contributed by atoms with Crippen LogP contribution in [-0.4, -0.2) is 9.97 Å². The summed E-state index contributed by atoms with van der Waals surface area (Å²) in [5.74, 6) is 0.862. The van der Waals surface area contributed by atoms with Gasteiger partial charge in [0.1, 0.15) is 5.82 Å². The van der Waals surface area contributed by atoms with E-state index in [0.717, 1.165) is 24.4 Å². The molecule has 0 amide bonds. The Bertz CT molecular complexity index is 496. The minimum Gasteiger partial charge on any atom is -0.340 e. The second-order valence-corrected chi connectivity index (χ2v) is 5.70. The van der Waals surface area contributed by atoms with E-state index in [-0.39, 0.29) is 5.54 Å². The molecule has 2 rings (SSSR count). The van der Waals surface area contributed by atoms with E-state index in [9.17, 15) is 0 Å². The second kappa shape index (κ2) is 4.63. The molecule has 2 heterocycles. The zero-order valence-electron chi connectivity index (χ0n) is 10.6. The summed E-state index contributed by atoms with van der Waals surface area (Å²) in [6.07, 6.45) is 3.82. The fraction of sp³-hybridized carbons (Fsp3) is 0.462. The van der Waals surface area contributed by atoms with Crippen LogP contribution in [0.4, 0.5) is 0 Å². The highest BCUT2D eigenvalue weighted by Crippen LogP contribution is 2.28. The molecule has 3 N–H and O–H groups in total. The number of nitrogens with one attached hydrogen (secondary N) is 1. The monoisotopic (exact) mass is 249 g/mol. The van der Waals surface area contributed by atoms with Crippen LogP contribution in [0.15, 0.2) is 18.3 Å². The fourth-order valence-corrected chi connectivity index (χ4v) is 2.53. The third-order valence-corrected chi connectivity index (χ3v) is 4.39. The van der Waals surface area contributed by atoms with Gasteiger partial charge >= 0.3 is 0 Å². The first-order valence-electron chi connectivity index (χ1n) is 6.00. The summed E-state index contributed by atoms with van der Waals surface area (Å²) >= 11 is 1.81. The number of hydrogen-bond donors (Lipinski definition) is 2. The van der Waals surface area contributed by atoms with Gasteiger partial charge in [0.25, 0.3) is 0 Å². The van der Waals surface area contributed by atoms with Gasteiger partial charge in [-0.25, -0.2) is 4.98 Å². The van der Waals surface area contributed by atoms with Crippen molar-refractivity contribution in [2.45, 2.75) is 39.2 Å². The maximum Gasteiger partial charge on any atom is 0.126 e. The van der Waals surface area contributed by atoms with Crippen LogP contribution in [-0.2, 0) is 12.0 Å². The lowest BCUT2D eigenvalue weighted by Crippen LogP contribution is -2.33. The summed E-state index contributed by atoms with van der Waals surface area (Å²) in [6, 6.07) is 4.31. The number of hydrogen-bond acceptors (Lipinski definition) is 3. The minimum atomic E-state index is -0.372. The first-order chi connectivity index (χ1) is 8.06. The van der Waals surface area contributed by atoms with Crippen molar-refractivity contribution in [1.29, 1.82) is 0 Å². The van der Waals surface area contributed by atoms with Crippen molar-refractivity contribution in [3.05, 3.63) is 29.0 Å². The van der Waals surface area contributed by atoms with Gasteiger partial charge in [-0.1, -0.05) is 13.8 Å². The molecule has 0 fully saturated rings. The standard InChI is InChI=1S/C13H19N3S/c1-4-9-6-7-11(17-9)10-8-15-12(16-10)13(3,14)5-2/h6-8H,4-5,14H2,1-3H3,(H,15,16). The summed E-state index contributed by atoms with van der Waals surface area (Å²) in [5, 5.41) is 0. The highest BCUT2D eigenvalue weighted by atomic mass is 32.1. The predicted molar refractivity (Wildman–Crippen MR) is 73.1 cm³/mol. The summed E-state index contributed by atoms with van der Waals surface area (Å²) in [7, 11) is 0. The van der Waals surface area contributed by atoms with Crippen LogP contribution in [0.25, 0.3) is 10.6 Å². The topological polar surface area (TPSA) is 54.7 Å². The molecule has 1 atom stereocenters. The Morgan fingerprint density at radius 2 is 2.18 bits per heavy atom. The van der Waals surface area contributed by atoms with Gasteiger partial charge in [-0.2, -0.15) is 0 Å². The maximum absolute atomic E-state index is 6.17. The maximum atomic E-state index is 6.17. The van der Waals surface area contributed by atoms with Crippen LogP contribution in [0.3, 0.4) is 0 Å². The summed E-state index contributed by atoms with van der Waals surface area (Å²) in [4.78, 5) is 10.3. The number of nitrogens with two attached hydrogens (primary N) is 1. The fourth-order valence-electron chi connectivity index (χ4n) is 1.62. The number of aryl methyl sites for hydroxylation is 1. The van der Waals surface area contributed by atoms with Gasteiger partial charge < -0.3 is 10.7 Å². The van der Waals surface area contributed by atoms with E-state index in [1.807, 2.05) is 13.1 Å². The molecule has 0 aliphatic carbocycles. The lowest BCUT2D eigenvalue weighted by atomic mass is 10.0. The van der Waals surface area contributed by atoms with E-state index in [1.165, 1.54) is 9.75 Å². The third kappa shape index (κ3) is 2.42.